The van der Waals surface area contributed by atoms with Crippen LogP contribution in [0.4, 0.5) is 0 Å². The third-order valence-corrected chi connectivity index (χ3v) is 5.79. The number of ether oxygens (including phenoxy) is 1. The lowest BCUT2D eigenvalue weighted by atomic mass is 10.1. The molecule has 2 aromatic carbocycles. The Morgan fingerprint density at radius 2 is 1.74 bits per heavy atom. The highest BCUT2D eigenvalue weighted by Gasteiger charge is 2.27. The van der Waals surface area contributed by atoms with Gasteiger partial charge in [-0.1, -0.05) is 24.3 Å². The summed E-state index contributed by atoms with van der Waals surface area (Å²) in [6.07, 6.45) is 0. The monoisotopic (exact) mass is 356 g/mol. The van der Waals surface area contributed by atoms with E-state index in [1.807, 2.05) is 31.2 Å². The smallest absolute Gasteiger partial charge is 0.243 e. The van der Waals surface area contributed by atoms with Gasteiger partial charge >= 0.3 is 0 Å². The summed E-state index contributed by atoms with van der Waals surface area (Å²) in [6.45, 7) is 4.85. The summed E-state index contributed by atoms with van der Waals surface area (Å²) >= 11 is 0. The molecule has 3 rings (SSSR count). The number of halogens is 1. The molecule has 1 N–H and O–H groups in total. The lowest BCUT2D eigenvalue weighted by Crippen LogP contribution is -2.46. The second-order valence-corrected chi connectivity index (χ2v) is 7.10. The van der Waals surface area contributed by atoms with E-state index in [1.54, 1.807) is 16.4 Å². The van der Waals surface area contributed by atoms with Gasteiger partial charge in [0.1, 0.15) is 5.75 Å². The predicted molar refractivity (Wildman–Crippen MR) is 94.0 cm³/mol. The fourth-order valence-electron chi connectivity index (χ4n) is 2.77. The highest BCUT2D eigenvalue weighted by atomic mass is 35.5. The van der Waals surface area contributed by atoms with E-state index in [0.29, 0.717) is 43.1 Å². The van der Waals surface area contributed by atoms with Crippen molar-refractivity contribution in [3.05, 3.63) is 36.4 Å². The molecule has 0 aliphatic carbocycles. The van der Waals surface area contributed by atoms with Crippen molar-refractivity contribution >= 4 is 33.2 Å². The summed E-state index contributed by atoms with van der Waals surface area (Å²) in [5.41, 5.74) is 0. The molecule has 7 heteroatoms. The number of fused-ring (bicyclic) bond motifs is 1. The molecule has 0 bridgehead atoms. The van der Waals surface area contributed by atoms with E-state index in [-0.39, 0.29) is 12.4 Å². The zero-order chi connectivity index (χ0) is 15.6. The topological polar surface area (TPSA) is 58.6 Å². The van der Waals surface area contributed by atoms with Gasteiger partial charge in [0.15, 0.2) is 0 Å². The van der Waals surface area contributed by atoms with Crippen LogP contribution in [0.3, 0.4) is 0 Å². The molecule has 1 aliphatic heterocycles. The zero-order valence-corrected chi connectivity index (χ0v) is 14.6. The van der Waals surface area contributed by atoms with Crippen molar-refractivity contribution in [2.24, 2.45) is 0 Å². The Bertz CT molecular complexity index is 774. The summed E-state index contributed by atoms with van der Waals surface area (Å²) in [7, 11) is -3.48. The van der Waals surface area contributed by atoms with Crippen molar-refractivity contribution in [3.8, 4) is 5.75 Å². The van der Waals surface area contributed by atoms with E-state index in [0.717, 1.165) is 11.1 Å². The molecule has 0 amide bonds. The lowest BCUT2D eigenvalue weighted by Gasteiger charge is -2.27. The van der Waals surface area contributed by atoms with Crippen molar-refractivity contribution < 1.29 is 13.2 Å². The summed E-state index contributed by atoms with van der Waals surface area (Å²) in [4.78, 5) is 0.355. The minimum Gasteiger partial charge on any atom is -0.493 e. The van der Waals surface area contributed by atoms with Crippen LogP contribution in [0.2, 0.25) is 0 Å². The third kappa shape index (κ3) is 3.45. The van der Waals surface area contributed by atoms with Crippen LogP contribution >= 0.6 is 12.4 Å². The van der Waals surface area contributed by atoms with Crippen LogP contribution in [-0.4, -0.2) is 45.5 Å². The molecule has 1 heterocycles. The third-order valence-electron chi connectivity index (χ3n) is 3.84. The molecule has 1 saturated heterocycles. The first-order chi connectivity index (χ1) is 10.6. The maximum absolute atomic E-state index is 12.9. The van der Waals surface area contributed by atoms with E-state index in [2.05, 4.69) is 5.32 Å². The number of hydrogen-bond donors (Lipinski definition) is 1. The van der Waals surface area contributed by atoms with E-state index >= 15 is 0 Å². The number of hydrogen-bond acceptors (Lipinski definition) is 4. The molecule has 5 nitrogen and oxygen atoms in total. The first-order valence-electron chi connectivity index (χ1n) is 7.50. The SMILES string of the molecule is CCOc1ccc(S(=O)(=O)N2CCNCC2)c2ccccc12.Cl. The number of nitrogens with one attached hydrogen (secondary N) is 1. The van der Waals surface area contributed by atoms with E-state index < -0.39 is 10.0 Å². The summed E-state index contributed by atoms with van der Waals surface area (Å²) in [5.74, 6) is 0.720. The first kappa shape index (κ1) is 18.0. The van der Waals surface area contributed by atoms with Gasteiger partial charge in [-0.2, -0.15) is 4.31 Å². The van der Waals surface area contributed by atoms with Crippen molar-refractivity contribution in [1.29, 1.82) is 0 Å². The van der Waals surface area contributed by atoms with Crippen molar-refractivity contribution in [2.75, 3.05) is 32.8 Å². The number of sulfonamides is 1. The van der Waals surface area contributed by atoms with Crippen LogP contribution < -0.4 is 10.1 Å². The zero-order valence-electron chi connectivity index (χ0n) is 13.0. The number of rotatable bonds is 4. The van der Waals surface area contributed by atoms with Crippen LogP contribution in [0.1, 0.15) is 6.92 Å². The van der Waals surface area contributed by atoms with Gasteiger partial charge in [0, 0.05) is 37.0 Å². The highest BCUT2D eigenvalue weighted by Crippen LogP contribution is 2.32. The van der Waals surface area contributed by atoms with Crippen LogP contribution in [0.25, 0.3) is 10.8 Å². The average Bonchev–Trinajstić information content (AvgIpc) is 2.56. The number of benzene rings is 2. The molecule has 1 fully saturated rings. The number of piperazine rings is 1. The second-order valence-electron chi connectivity index (χ2n) is 5.19. The van der Waals surface area contributed by atoms with Crippen LogP contribution in [0.5, 0.6) is 5.75 Å². The molecule has 0 unspecified atom stereocenters. The van der Waals surface area contributed by atoms with Gasteiger partial charge in [-0.15, -0.1) is 12.4 Å². The van der Waals surface area contributed by atoms with Crippen LogP contribution in [0, 0.1) is 0 Å². The quantitative estimate of drug-likeness (QED) is 0.912. The number of nitrogens with zero attached hydrogens (tertiary/aromatic N) is 1. The van der Waals surface area contributed by atoms with Gasteiger partial charge in [-0.05, 0) is 19.1 Å². The van der Waals surface area contributed by atoms with Gasteiger partial charge < -0.3 is 10.1 Å². The Kier molecular flexibility index (Phi) is 5.86. The van der Waals surface area contributed by atoms with Gasteiger partial charge in [-0.3, -0.25) is 0 Å². The van der Waals surface area contributed by atoms with Gasteiger partial charge in [0.05, 0.1) is 11.5 Å². The first-order valence-corrected chi connectivity index (χ1v) is 8.94. The van der Waals surface area contributed by atoms with Crippen molar-refractivity contribution in [3.63, 3.8) is 0 Å². The Morgan fingerprint density at radius 1 is 1.09 bits per heavy atom. The Balaban J connectivity index is 0.00000192. The largest absolute Gasteiger partial charge is 0.493 e. The Morgan fingerprint density at radius 3 is 2.39 bits per heavy atom. The highest BCUT2D eigenvalue weighted by molar-refractivity contribution is 7.89. The lowest BCUT2D eigenvalue weighted by molar-refractivity contribution is 0.344. The van der Waals surface area contributed by atoms with Crippen LogP contribution in [-0.2, 0) is 10.0 Å². The fourth-order valence-corrected chi connectivity index (χ4v) is 4.41. The second kappa shape index (κ2) is 7.49. The normalized spacial score (nSPS) is 16.0. The van der Waals surface area contributed by atoms with E-state index in [4.69, 9.17) is 4.74 Å². The van der Waals surface area contributed by atoms with Crippen molar-refractivity contribution in [1.82, 2.24) is 9.62 Å². The molecule has 1 aliphatic rings. The summed E-state index contributed by atoms with van der Waals surface area (Å²) in [5, 5.41) is 4.72. The molecule has 0 atom stereocenters. The minimum absolute atomic E-state index is 0. The summed E-state index contributed by atoms with van der Waals surface area (Å²) in [6, 6.07) is 10.9. The summed E-state index contributed by atoms with van der Waals surface area (Å²) < 4.78 is 33.0. The van der Waals surface area contributed by atoms with Gasteiger partial charge in [-0.25, -0.2) is 8.42 Å². The minimum atomic E-state index is -3.48. The Labute approximate surface area is 143 Å². The average molecular weight is 357 g/mol. The maximum Gasteiger partial charge on any atom is 0.243 e. The molecule has 126 valence electrons. The van der Waals surface area contributed by atoms with Gasteiger partial charge in [0.2, 0.25) is 10.0 Å². The molecule has 0 radical (unpaired) electrons. The van der Waals surface area contributed by atoms with Crippen LogP contribution in [0.15, 0.2) is 41.3 Å². The molecule has 23 heavy (non-hydrogen) atoms. The van der Waals surface area contributed by atoms with Crippen molar-refractivity contribution in [2.45, 2.75) is 11.8 Å². The van der Waals surface area contributed by atoms with E-state index in [1.165, 1.54) is 0 Å². The molecule has 0 aromatic heterocycles. The fraction of sp³-hybridized carbons (Fsp3) is 0.375. The molecule has 2 aromatic rings. The predicted octanol–water partition coefficient (Wildman–Crippen LogP) is 2.25. The molecule has 0 saturated carbocycles. The Hall–Kier alpha value is -1.34. The standard InChI is InChI=1S/C16H20N2O3S.ClH/c1-2-21-15-7-8-16(14-6-4-3-5-13(14)15)22(19,20)18-11-9-17-10-12-18;/h3-8,17H,2,9-12H2,1H3;1H. The molecule has 0 spiro atoms. The maximum atomic E-state index is 12.9. The van der Waals surface area contributed by atoms with E-state index in [9.17, 15) is 8.42 Å². The molecular weight excluding hydrogens is 336 g/mol. The molecular formula is C16H21ClN2O3S. The van der Waals surface area contributed by atoms with Gasteiger partial charge in [0.25, 0.3) is 0 Å².